The van der Waals surface area contributed by atoms with E-state index < -0.39 is 0 Å². The molecule has 1 fully saturated rings. The lowest BCUT2D eigenvalue weighted by Gasteiger charge is -2.29. The summed E-state index contributed by atoms with van der Waals surface area (Å²) in [4.78, 5) is 22.3. The second kappa shape index (κ2) is 8.73. The number of allylic oxidation sites excluding steroid dienone is 4. The van der Waals surface area contributed by atoms with Crippen LogP contribution in [0.4, 0.5) is 0 Å². The minimum atomic E-state index is 0. The lowest BCUT2D eigenvalue weighted by Crippen LogP contribution is -2.36. The maximum Gasteiger partial charge on any atom is 0.226 e. The van der Waals surface area contributed by atoms with Crippen molar-refractivity contribution >= 4 is 40.9 Å². The fraction of sp³-hybridized carbons (Fsp3) is 0.286. The number of aromatic nitrogens is 2. The van der Waals surface area contributed by atoms with Gasteiger partial charge in [0.15, 0.2) is 0 Å². The smallest absolute Gasteiger partial charge is 0.226 e. The van der Waals surface area contributed by atoms with Gasteiger partial charge in [0, 0.05) is 42.7 Å². The van der Waals surface area contributed by atoms with E-state index in [1.54, 1.807) is 11.0 Å². The van der Waals surface area contributed by atoms with E-state index in [0.717, 1.165) is 35.3 Å². The Bertz CT molecular complexity index is 1080. The van der Waals surface area contributed by atoms with E-state index in [-0.39, 0.29) is 24.2 Å². The number of piperidine rings is 1. The van der Waals surface area contributed by atoms with E-state index in [2.05, 4.69) is 16.0 Å². The number of nitrogens with zero attached hydrogens (tertiary/aromatic N) is 3. The summed E-state index contributed by atoms with van der Waals surface area (Å²) in [7, 11) is 0. The van der Waals surface area contributed by atoms with Crippen LogP contribution in [0.5, 0.6) is 0 Å². The monoisotopic (exact) mass is 429 g/mol. The van der Waals surface area contributed by atoms with Gasteiger partial charge < -0.3 is 15.6 Å². The summed E-state index contributed by atoms with van der Waals surface area (Å²) in [5.41, 5.74) is 9.70. The van der Waals surface area contributed by atoms with Gasteiger partial charge in [0.25, 0.3) is 0 Å². The fourth-order valence-electron chi connectivity index (χ4n) is 3.70. The highest BCUT2D eigenvalue weighted by Crippen LogP contribution is 2.26. The number of fused-ring (bicyclic) bond motifs is 1. The number of nitriles is 1. The van der Waals surface area contributed by atoms with E-state index >= 15 is 0 Å². The summed E-state index contributed by atoms with van der Waals surface area (Å²) < 4.78 is 0. The van der Waals surface area contributed by atoms with Crippen molar-refractivity contribution in [2.75, 3.05) is 6.54 Å². The number of nitrogens with two attached hydrogens (primary N) is 1. The molecule has 1 amide bonds. The van der Waals surface area contributed by atoms with Gasteiger partial charge in [-0.3, -0.25) is 4.79 Å². The number of amides is 1. The molecule has 1 aromatic heterocycles. The number of hydrogen-bond acceptors (Lipinski definition) is 4. The molecule has 29 heavy (non-hydrogen) atoms. The molecule has 1 atom stereocenters. The molecule has 4 rings (SSSR count). The summed E-state index contributed by atoms with van der Waals surface area (Å²) in [6.45, 7) is 0.668. The van der Waals surface area contributed by atoms with Crippen LogP contribution in [0.2, 0.25) is 5.02 Å². The molecule has 0 bridgehead atoms. The first kappa shape index (κ1) is 21.0. The number of benzene rings is 1. The lowest BCUT2D eigenvalue weighted by atomic mass is 9.92. The highest BCUT2D eigenvalue weighted by atomic mass is 35.5. The Morgan fingerprint density at radius 1 is 1.41 bits per heavy atom. The molecular formula is C21H21Cl2N5O. The van der Waals surface area contributed by atoms with Crippen molar-refractivity contribution in [1.82, 2.24) is 14.9 Å². The van der Waals surface area contributed by atoms with Crippen LogP contribution in [0.3, 0.4) is 0 Å². The minimum absolute atomic E-state index is 0. The van der Waals surface area contributed by atoms with Crippen LogP contribution in [0.25, 0.3) is 11.0 Å². The molecule has 0 saturated carbocycles. The zero-order valence-corrected chi connectivity index (χ0v) is 17.3. The third kappa shape index (κ3) is 4.64. The first-order valence-electron chi connectivity index (χ1n) is 9.23. The van der Waals surface area contributed by atoms with Gasteiger partial charge in [0.1, 0.15) is 11.9 Å². The Kier molecular flexibility index (Phi) is 6.31. The molecule has 8 heteroatoms. The SMILES string of the molecule is Cl.N#CC1=C(N)CC(=CN2CCC(Cc3nc4ccc(Cl)cc4[nH]3)CC2=O)C=C1. The Hall–Kier alpha value is -2.75. The van der Waals surface area contributed by atoms with Gasteiger partial charge in [-0.2, -0.15) is 5.26 Å². The fourth-order valence-corrected chi connectivity index (χ4v) is 3.87. The van der Waals surface area contributed by atoms with Crippen LogP contribution < -0.4 is 5.73 Å². The van der Waals surface area contributed by atoms with E-state index in [1.807, 2.05) is 30.5 Å². The first-order chi connectivity index (χ1) is 13.5. The number of carbonyl (C=O) groups excluding carboxylic acids is 1. The normalized spacial score (nSPS) is 20.8. The zero-order chi connectivity index (χ0) is 19.7. The van der Waals surface area contributed by atoms with Gasteiger partial charge in [-0.15, -0.1) is 12.4 Å². The summed E-state index contributed by atoms with van der Waals surface area (Å²) in [5.74, 6) is 1.25. The Balaban J connectivity index is 0.00000240. The van der Waals surface area contributed by atoms with Crippen LogP contribution >= 0.6 is 24.0 Å². The third-order valence-corrected chi connectivity index (χ3v) is 5.42. The number of nitrogens with one attached hydrogen (secondary N) is 1. The second-order valence-corrected chi connectivity index (χ2v) is 7.70. The topological polar surface area (TPSA) is 98.8 Å². The molecule has 1 unspecified atom stereocenters. The van der Waals surface area contributed by atoms with E-state index in [0.29, 0.717) is 35.7 Å². The highest BCUT2D eigenvalue weighted by molar-refractivity contribution is 6.31. The van der Waals surface area contributed by atoms with Crippen molar-refractivity contribution in [3.63, 3.8) is 0 Å². The summed E-state index contributed by atoms with van der Waals surface area (Å²) in [6.07, 6.45) is 8.05. The van der Waals surface area contributed by atoms with Gasteiger partial charge in [-0.05, 0) is 42.2 Å². The van der Waals surface area contributed by atoms with Gasteiger partial charge >= 0.3 is 0 Å². The van der Waals surface area contributed by atoms with Gasteiger partial charge in [-0.1, -0.05) is 17.7 Å². The van der Waals surface area contributed by atoms with Crippen molar-refractivity contribution in [2.45, 2.75) is 25.7 Å². The highest BCUT2D eigenvalue weighted by Gasteiger charge is 2.26. The van der Waals surface area contributed by atoms with Crippen LogP contribution in [0.1, 0.15) is 25.1 Å². The van der Waals surface area contributed by atoms with Gasteiger partial charge in [0.05, 0.1) is 16.6 Å². The summed E-state index contributed by atoms with van der Waals surface area (Å²) in [5, 5.41) is 9.66. The number of H-pyrrole nitrogens is 1. The molecule has 2 aliphatic rings. The van der Waals surface area contributed by atoms with Crippen molar-refractivity contribution in [2.24, 2.45) is 11.7 Å². The van der Waals surface area contributed by atoms with Gasteiger partial charge in [0.2, 0.25) is 5.91 Å². The van der Waals surface area contributed by atoms with E-state index in [4.69, 9.17) is 22.6 Å². The number of carbonyl (C=O) groups is 1. The van der Waals surface area contributed by atoms with Crippen molar-refractivity contribution < 1.29 is 4.79 Å². The van der Waals surface area contributed by atoms with Gasteiger partial charge in [-0.25, -0.2) is 4.98 Å². The van der Waals surface area contributed by atoms with Crippen LogP contribution in [0.15, 0.2) is 53.4 Å². The largest absolute Gasteiger partial charge is 0.401 e. The molecule has 1 aromatic carbocycles. The quantitative estimate of drug-likeness (QED) is 0.769. The average Bonchev–Trinajstić information content (AvgIpc) is 3.05. The Labute approximate surface area is 180 Å². The van der Waals surface area contributed by atoms with Crippen LogP contribution in [0, 0.1) is 17.2 Å². The molecule has 6 nitrogen and oxygen atoms in total. The van der Waals surface area contributed by atoms with Crippen molar-refractivity contribution in [3.05, 3.63) is 64.2 Å². The molecule has 2 aromatic rings. The molecule has 1 saturated heterocycles. The molecule has 2 heterocycles. The average molecular weight is 430 g/mol. The first-order valence-corrected chi connectivity index (χ1v) is 9.60. The molecule has 1 aliphatic heterocycles. The van der Waals surface area contributed by atoms with Crippen LogP contribution in [-0.4, -0.2) is 27.3 Å². The number of aromatic amines is 1. The third-order valence-electron chi connectivity index (χ3n) is 5.18. The van der Waals surface area contributed by atoms with Crippen molar-refractivity contribution in [1.29, 1.82) is 5.26 Å². The maximum absolute atomic E-state index is 12.6. The predicted molar refractivity (Wildman–Crippen MR) is 115 cm³/mol. The Morgan fingerprint density at radius 2 is 2.24 bits per heavy atom. The maximum atomic E-state index is 12.6. The molecule has 1 aliphatic carbocycles. The number of hydrogen-bond donors (Lipinski definition) is 2. The minimum Gasteiger partial charge on any atom is -0.401 e. The lowest BCUT2D eigenvalue weighted by molar-refractivity contribution is -0.132. The Morgan fingerprint density at radius 3 is 2.97 bits per heavy atom. The number of likely N-dealkylation sites (tertiary alicyclic amines) is 1. The standard InChI is InChI=1S/C21H20ClN5O.ClH/c22-16-3-4-18-19(10-16)26-20(25-18)8-13-5-6-27(21(28)9-13)12-14-1-2-15(11-23)17(24)7-14;/h1-4,10,12-13H,5-9,24H2,(H,25,26);1H. The molecule has 3 N–H and O–H groups in total. The number of halogens is 2. The molecule has 0 spiro atoms. The number of imidazole rings is 1. The molecule has 0 radical (unpaired) electrons. The zero-order valence-electron chi connectivity index (χ0n) is 15.7. The van der Waals surface area contributed by atoms with E-state index in [9.17, 15) is 4.79 Å². The van der Waals surface area contributed by atoms with Crippen molar-refractivity contribution in [3.8, 4) is 6.07 Å². The summed E-state index contributed by atoms with van der Waals surface area (Å²) in [6, 6.07) is 7.66. The van der Waals surface area contributed by atoms with E-state index in [1.165, 1.54) is 0 Å². The molecule has 150 valence electrons. The second-order valence-electron chi connectivity index (χ2n) is 7.26. The predicted octanol–water partition coefficient (Wildman–Crippen LogP) is 4.00. The van der Waals surface area contributed by atoms with Crippen LogP contribution in [-0.2, 0) is 11.2 Å². The summed E-state index contributed by atoms with van der Waals surface area (Å²) >= 11 is 6.03. The molecular weight excluding hydrogens is 409 g/mol. The number of rotatable bonds is 3.